The third-order valence-electron chi connectivity index (χ3n) is 2.92. The number of carbonyl (C=O) groups is 1. The van der Waals surface area contributed by atoms with E-state index in [4.69, 9.17) is 0 Å². The summed E-state index contributed by atoms with van der Waals surface area (Å²) in [5.41, 5.74) is 2.78. The zero-order chi connectivity index (χ0) is 12.8. The average Bonchev–Trinajstić information content (AvgIpc) is 2.40. The van der Waals surface area contributed by atoms with Crippen LogP contribution in [0.25, 0.3) is 0 Å². The molecule has 0 aliphatic rings. The number of hydrogen-bond donors (Lipinski definition) is 1. The van der Waals surface area contributed by atoms with Gasteiger partial charge in [0.15, 0.2) is 0 Å². The van der Waals surface area contributed by atoms with E-state index in [9.17, 15) is 9.90 Å². The molecule has 2 heteroatoms. The number of benzene rings is 2. The Hall–Kier alpha value is -1.93. The fourth-order valence-corrected chi connectivity index (χ4v) is 1.98. The molecule has 18 heavy (non-hydrogen) atoms. The number of Topliss-reactive ketones (excluding diaryl/α,β-unsaturated/α-hetero) is 1. The largest absolute Gasteiger partial charge is 0.392 e. The molecule has 0 radical (unpaired) electrons. The number of rotatable bonds is 5. The van der Waals surface area contributed by atoms with Gasteiger partial charge in [0.2, 0.25) is 0 Å². The van der Waals surface area contributed by atoms with Gasteiger partial charge >= 0.3 is 0 Å². The van der Waals surface area contributed by atoms with Crippen molar-refractivity contribution in [2.24, 2.45) is 0 Å². The van der Waals surface area contributed by atoms with E-state index in [1.807, 2.05) is 54.6 Å². The molecule has 2 nitrogen and oxygen atoms in total. The summed E-state index contributed by atoms with van der Waals surface area (Å²) >= 11 is 0. The predicted octanol–water partition coefficient (Wildman–Crippen LogP) is 2.53. The van der Waals surface area contributed by atoms with Gasteiger partial charge in [-0.3, -0.25) is 4.79 Å². The minimum atomic E-state index is -0.0191. The third kappa shape index (κ3) is 3.28. The molecule has 0 saturated carbocycles. The highest BCUT2D eigenvalue weighted by Crippen LogP contribution is 2.11. The van der Waals surface area contributed by atoms with Crippen LogP contribution in [0.2, 0.25) is 0 Å². The molecule has 1 N–H and O–H groups in total. The summed E-state index contributed by atoms with van der Waals surface area (Å²) in [6.07, 6.45) is 0.826. The molecule has 0 heterocycles. The smallest absolute Gasteiger partial charge is 0.141 e. The van der Waals surface area contributed by atoms with Gasteiger partial charge in [0.05, 0.1) is 6.61 Å². The molecule has 0 aromatic heterocycles. The van der Waals surface area contributed by atoms with E-state index in [0.717, 1.165) is 16.7 Å². The van der Waals surface area contributed by atoms with Crippen molar-refractivity contribution in [1.82, 2.24) is 0 Å². The Bertz CT molecular complexity index is 518. The van der Waals surface area contributed by atoms with Gasteiger partial charge in [-0.15, -0.1) is 0 Å². The summed E-state index contributed by atoms with van der Waals surface area (Å²) in [5.74, 6) is 0.169. The molecule has 0 unspecified atom stereocenters. The van der Waals surface area contributed by atoms with E-state index in [0.29, 0.717) is 12.8 Å². The fourth-order valence-electron chi connectivity index (χ4n) is 1.98. The summed E-state index contributed by atoms with van der Waals surface area (Å²) in [5, 5.41) is 9.21. The molecule has 92 valence electrons. The van der Waals surface area contributed by atoms with Crippen LogP contribution >= 0.6 is 0 Å². The normalized spacial score (nSPS) is 10.3. The zero-order valence-corrected chi connectivity index (χ0v) is 10.2. The lowest BCUT2D eigenvalue weighted by atomic mass is 9.99. The molecular formula is C16H16O2. The van der Waals surface area contributed by atoms with Gasteiger partial charge in [-0.1, -0.05) is 54.6 Å². The van der Waals surface area contributed by atoms with Crippen LogP contribution in [0.1, 0.15) is 16.7 Å². The minimum Gasteiger partial charge on any atom is -0.392 e. The number of aliphatic hydroxyl groups excluding tert-OH is 1. The van der Waals surface area contributed by atoms with Crippen LogP contribution in [0.15, 0.2) is 54.6 Å². The Labute approximate surface area is 107 Å². The van der Waals surface area contributed by atoms with Crippen LogP contribution in [0.4, 0.5) is 0 Å². The lowest BCUT2D eigenvalue weighted by Gasteiger charge is -2.06. The summed E-state index contributed by atoms with van der Waals surface area (Å²) in [4.78, 5) is 12.0. The first-order valence-electron chi connectivity index (χ1n) is 6.03. The first-order valence-corrected chi connectivity index (χ1v) is 6.03. The lowest BCUT2D eigenvalue weighted by molar-refractivity contribution is -0.117. The van der Waals surface area contributed by atoms with Crippen molar-refractivity contribution in [2.45, 2.75) is 19.4 Å². The maximum Gasteiger partial charge on any atom is 0.141 e. The van der Waals surface area contributed by atoms with E-state index in [1.165, 1.54) is 0 Å². The molecule has 2 rings (SSSR count). The molecule has 0 amide bonds. The highest BCUT2D eigenvalue weighted by atomic mass is 16.3. The molecule has 0 aliphatic carbocycles. The van der Waals surface area contributed by atoms with Gasteiger partial charge in [0, 0.05) is 12.8 Å². The molecular weight excluding hydrogens is 224 g/mol. The highest BCUT2D eigenvalue weighted by Gasteiger charge is 2.08. The molecule has 0 spiro atoms. The Kier molecular flexibility index (Phi) is 4.26. The lowest BCUT2D eigenvalue weighted by Crippen LogP contribution is -2.08. The molecule has 0 fully saturated rings. The number of aliphatic hydroxyl groups is 1. The van der Waals surface area contributed by atoms with Crippen LogP contribution in [0.5, 0.6) is 0 Å². The van der Waals surface area contributed by atoms with Crippen LogP contribution in [-0.2, 0) is 24.2 Å². The number of carbonyl (C=O) groups excluding carboxylic acids is 1. The second kappa shape index (κ2) is 6.12. The fraction of sp³-hybridized carbons (Fsp3) is 0.188. The minimum absolute atomic E-state index is 0.0191. The summed E-state index contributed by atoms with van der Waals surface area (Å²) in [6.45, 7) is -0.0191. The third-order valence-corrected chi connectivity index (χ3v) is 2.92. The van der Waals surface area contributed by atoms with Gasteiger partial charge in [0.1, 0.15) is 5.78 Å². The second-order valence-corrected chi connectivity index (χ2v) is 4.30. The molecule has 2 aromatic carbocycles. The van der Waals surface area contributed by atoms with Crippen molar-refractivity contribution in [3.05, 3.63) is 71.3 Å². The number of hydrogen-bond acceptors (Lipinski definition) is 2. The molecule has 0 saturated heterocycles. The Morgan fingerprint density at radius 3 is 2.11 bits per heavy atom. The Morgan fingerprint density at radius 1 is 0.833 bits per heavy atom. The topological polar surface area (TPSA) is 37.3 Å². The molecule has 2 aromatic rings. The quantitative estimate of drug-likeness (QED) is 0.872. The predicted molar refractivity (Wildman–Crippen MR) is 71.2 cm³/mol. The SMILES string of the molecule is O=C(Cc1ccccc1)Cc1ccccc1CO. The maximum absolute atomic E-state index is 12.0. The second-order valence-electron chi connectivity index (χ2n) is 4.30. The Morgan fingerprint density at radius 2 is 1.44 bits per heavy atom. The zero-order valence-electron chi connectivity index (χ0n) is 10.2. The van der Waals surface area contributed by atoms with Gasteiger partial charge in [0.25, 0.3) is 0 Å². The van der Waals surface area contributed by atoms with Crippen molar-refractivity contribution in [3.63, 3.8) is 0 Å². The van der Waals surface area contributed by atoms with Crippen LogP contribution < -0.4 is 0 Å². The van der Waals surface area contributed by atoms with Crippen molar-refractivity contribution in [1.29, 1.82) is 0 Å². The summed E-state index contributed by atoms with van der Waals surface area (Å²) in [7, 11) is 0. The molecule has 0 bridgehead atoms. The summed E-state index contributed by atoms with van der Waals surface area (Å²) in [6, 6.07) is 17.2. The van der Waals surface area contributed by atoms with Gasteiger partial charge in [-0.2, -0.15) is 0 Å². The maximum atomic E-state index is 12.0. The van der Waals surface area contributed by atoms with Crippen molar-refractivity contribution in [2.75, 3.05) is 0 Å². The van der Waals surface area contributed by atoms with E-state index in [-0.39, 0.29) is 12.4 Å². The monoisotopic (exact) mass is 240 g/mol. The van der Waals surface area contributed by atoms with Gasteiger partial charge in [-0.25, -0.2) is 0 Å². The van der Waals surface area contributed by atoms with Crippen LogP contribution in [-0.4, -0.2) is 10.9 Å². The Balaban J connectivity index is 2.03. The van der Waals surface area contributed by atoms with Crippen molar-refractivity contribution < 1.29 is 9.90 Å². The first-order chi connectivity index (χ1) is 8.79. The van der Waals surface area contributed by atoms with E-state index < -0.39 is 0 Å². The molecule has 0 aliphatic heterocycles. The van der Waals surface area contributed by atoms with Crippen LogP contribution in [0.3, 0.4) is 0 Å². The van der Waals surface area contributed by atoms with Crippen molar-refractivity contribution >= 4 is 5.78 Å². The van der Waals surface area contributed by atoms with E-state index in [2.05, 4.69) is 0 Å². The standard InChI is InChI=1S/C16H16O2/c17-12-15-9-5-4-8-14(15)11-16(18)10-13-6-2-1-3-7-13/h1-9,17H,10-12H2. The summed E-state index contributed by atoms with van der Waals surface area (Å²) < 4.78 is 0. The van der Waals surface area contributed by atoms with E-state index >= 15 is 0 Å². The van der Waals surface area contributed by atoms with Crippen LogP contribution in [0, 0.1) is 0 Å². The first kappa shape index (κ1) is 12.5. The highest BCUT2D eigenvalue weighted by molar-refractivity contribution is 5.83. The number of ketones is 1. The van der Waals surface area contributed by atoms with Crippen molar-refractivity contribution in [3.8, 4) is 0 Å². The van der Waals surface area contributed by atoms with E-state index in [1.54, 1.807) is 0 Å². The molecule has 0 atom stereocenters. The average molecular weight is 240 g/mol. The van der Waals surface area contributed by atoms with Gasteiger partial charge in [-0.05, 0) is 16.7 Å². The van der Waals surface area contributed by atoms with Gasteiger partial charge < -0.3 is 5.11 Å².